The number of hydrogen-bond donors (Lipinski definition) is 0. The van der Waals surface area contributed by atoms with Crippen molar-refractivity contribution in [2.24, 2.45) is 5.92 Å². The Morgan fingerprint density at radius 2 is 1.90 bits per heavy atom. The molecule has 2 saturated heterocycles. The van der Waals surface area contributed by atoms with Crippen molar-refractivity contribution in [2.75, 3.05) is 37.6 Å². The Morgan fingerprint density at radius 1 is 1.12 bits per heavy atom. The number of alkyl halides is 3. The number of aliphatic carboxylic acids is 1. The number of carbonyl (C=O) groups is 2. The standard InChI is InChI=1S/C33H38F3N7O3S.Na/c1-20(2)26-6-5-8-42(26)19-28-32(22-12-23(33(34,35)36)14-24(13-22)37-4)40-30(47-28)15-27(44)25-16-39-29(17-38-25)43-11-10-41(21(3)18-43)9-7-31(45)46;/h12-14,16-17,20-21,26H,5-11,15,18-19H2,1-3H3,(H,45,46);/q;+1/p-1/t21-,26+;/m1./s1. The van der Waals surface area contributed by atoms with Gasteiger partial charge in [0.05, 0.1) is 31.1 Å². The topological polar surface area (TPSA) is 110 Å². The molecule has 1 aromatic carbocycles. The Hall–Kier alpha value is -2.93. The second-order valence-corrected chi connectivity index (χ2v) is 13.7. The number of hydrogen-bond acceptors (Lipinski definition) is 10. The van der Waals surface area contributed by atoms with Crippen LogP contribution < -0.4 is 39.6 Å². The van der Waals surface area contributed by atoms with Gasteiger partial charge in [-0.2, -0.15) is 13.2 Å². The van der Waals surface area contributed by atoms with Crippen LogP contribution in [0.1, 0.15) is 66.0 Å². The second-order valence-electron chi connectivity index (χ2n) is 12.5. The Kier molecular flexibility index (Phi) is 12.8. The van der Waals surface area contributed by atoms with E-state index in [2.05, 4.69) is 43.4 Å². The van der Waals surface area contributed by atoms with Crippen LogP contribution in [0.4, 0.5) is 24.7 Å². The number of aromatic nitrogens is 3. The number of Topliss-reactive ketones (excluding diaryl/α,β-unsaturated/α-hetero) is 1. The number of halogens is 3. The van der Waals surface area contributed by atoms with Crippen LogP contribution in [0.5, 0.6) is 0 Å². The fourth-order valence-corrected chi connectivity index (χ4v) is 7.51. The normalized spacial score (nSPS) is 18.9. The first-order valence-electron chi connectivity index (χ1n) is 15.7. The average Bonchev–Trinajstić information content (AvgIpc) is 3.67. The molecule has 2 fully saturated rings. The number of carbonyl (C=O) groups excluding carboxylic acids is 2. The van der Waals surface area contributed by atoms with Gasteiger partial charge in [-0.05, 0) is 62.4 Å². The van der Waals surface area contributed by atoms with E-state index in [1.807, 2.05) is 11.8 Å². The van der Waals surface area contributed by atoms with E-state index in [1.165, 1.54) is 23.6 Å². The van der Waals surface area contributed by atoms with Crippen LogP contribution in [0.2, 0.25) is 0 Å². The van der Waals surface area contributed by atoms with Gasteiger partial charge in [0.1, 0.15) is 16.5 Å². The fourth-order valence-electron chi connectivity index (χ4n) is 6.40. The summed E-state index contributed by atoms with van der Waals surface area (Å²) in [7, 11) is 0. The van der Waals surface area contributed by atoms with Crippen LogP contribution in [0.15, 0.2) is 30.6 Å². The summed E-state index contributed by atoms with van der Waals surface area (Å²) in [6.07, 6.45) is 0.282. The smallest absolute Gasteiger partial charge is 0.550 e. The van der Waals surface area contributed by atoms with E-state index in [0.717, 1.165) is 36.4 Å². The number of carboxylic acids is 1. The Morgan fingerprint density at radius 3 is 2.52 bits per heavy atom. The molecule has 2 aromatic heterocycles. The molecule has 48 heavy (non-hydrogen) atoms. The molecule has 2 atom stereocenters. The number of likely N-dealkylation sites (tertiary alicyclic amines) is 1. The molecule has 0 saturated carbocycles. The van der Waals surface area contributed by atoms with Gasteiger partial charge in [-0.25, -0.2) is 19.8 Å². The summed E-state index contributed by atoms with van der Waals surface area (Å²) in [5.41, 5.74) is -0.327. The second kappa shape index (κ2) is 16.2. The minimum atomic E-state index is -4.63. The predicted octanol–water partition coefficient (Wildman–Crippen LogP) is 1.87. The number of ketones is 1. The van der Waals surface area contributed by atoms with E-state index in [9.17, 15) is 27.9 Å². The largest absolute Gasteiger partial charge is 1.00 e. The van der Waals surface area contributed by atoms with Crippen molar-refractivity contribution in [1.82, 2.24) is 24.8 Å². The van der Waals surface area contributed by atoms with E-state index < -0.39 is 17.7 Å². The quantitative estimate of drug-likeness (QED) is 0.169. The van der Waals surface area contributed by atoms with Crippen molar-refractivity contribution in [2.45, 2.75) is 71.3 Å². The van der Waals surface area contributed by atoms with Gasteiger partial charge >= 0.3 is 35.7 Å². The molecular weight excluding hydrogens is 654 g/mol. The van der Waals surface area contributed by atoms with Crippen molar-refractivity contribution in [3.63, 3.8) is 0 Å². The van der Waals surface area contributed by atoms with Gasteiger partial charge in [0.2, 0.25) is 0 Å². The molecule has 15 heteroatoms. The van der Waals surface area contributed by atoms with Gasteiger partial charge in [-0.3, -0.25) is 14.6 Å². The zero-order valence-electron chi connectivity index (χ0n) is 27.6. The van der Waals surface area contributed by atoms with Gasteiger partial charge in [-0.15, -0.1) is 11.3 Å². The van der Waals surface area contributed by atoms with E-state index in [1.54, 1.807) is 6.20 Å². The predicted molar refractivity (Wildman–Crippen MR) is 170 cm³/mol. The fraction of sp³-hybridized carbons (Fsp3) is 0.515. The molecule has 4 heterocycles. The van der Waals surface area contributed by atoms with Gasteiger partial charge in [0, 0.05) is 61.2 Å². The van der Waals surface area contributed by atoms with Crippen LogP contribution >= 0.6 is 11.3 Å². The molecule has 2 aliphatic rings. The number of carboxylic acid groups (broad SMARTS) is 1. The molecule has 5 rings (SSSR count). The molecule has 0 unspecified atom stereocenters. The monoisotopic (exact) mass is 691 g/mol. The molecule has 10 nitrogen and oxygen atoms in total. The Balaban J connectivity index is 0.00000520. The number of thiazole rings is 1. The van der Waals surface area contributed by atoms with Crippen LogP contribution in [-0.4, -0.2) is 81.3 Å². The number of nitrogens with zero attached hydrogens (tertiary/aromatic N) is 7. The van der Waals surface area contributed by atoms with Crippen LogP contribution in [0, 0.1) is 12.5 Å². The summed E-state index contributed by atoms with van der Waals surface area (Å²) in [6.45, 7) is 17.4. The van der Waals surface area contributed by atoms with E-state index in [4.69, 9.17) is 6.57 Å². The van der Waals surface area contributed by atoms with Gasteiger partial charge in [-0.1, -0.05) is 13.8 Å². The van der Waals surface area contributed by atoms with E-state index >= 15 is 0 Å². The first-order valence-corrected chi connectivity index (χ1v) is 16.5. The maximum Gasteiger partial charge on any atom is 1.00 e. The summed E-state index contributed by atoms with van der Waals surface area (Å²) in [5, 5.41) is 11.3. The first kappa shape index (κ1) is 37.9. The van der Waals surface area contributed by atoms with Gasteiger partial charge in [0.25, 0.3) is 0 Å². The maximum absolute atomic E-state index is 13.8. The molecule has 0 bridgehead atoms. The van der Waals surface area contributed by atoms with Crippen molar-refractivity contribution in [3.8, 4) is 11.3 Å². The van der Waals surface area contributed by atoms with Crippen LogP contribution in [0.25, 0.3) is 16.1 Å². The van der Waals surface area contributed by atoms with Crippen LogP contribution in [-0.2, 0) is 23.9 Å². The third-order valence-corrected chi connectivity index (χ3v) is 9.89. The van der Waals surface area contributed by atoms with Crippen molar-refractivity contribution in [3.05, 3.63) is 63.2 Å². The molecule has 0 aliphatic carbocycles. The van der Waals surface area contributed by atoms with E-state index in [0.29, 0.717) is 61.2 Å². The minimum absolute atomic E-state index is 0. The molecule has 0 N–H and O–H groups in total. The van der Waals surface area contributed by atoms with Crippen molar-refractivity contribution < 1.29 is 57.4 Å². The number of benzene rings is 1. The summed E-state index contributed by atoms with van der Waals surface area (Å²) in [5.74, 6) is -0.381. The van der Waals surface area contributed by atoms with Crippen molar-refractivity contribution in [1.29, 1.82) is 0 Å². The molecule has 3 aromatic rings. The SMILES string of the molecule is [C-]#[N+]c1cc(-c2nc(CC(=O)c3cnc(N4CCN(CCC(=O)[O-])[C@H](C)C4)cn3)sc2CN2CCC[C@H]2C(C)C)cc(C(F)(F)F)c1.[Na+]. The summed E-state index contributed by atoms with van der Waals surface area (Å²) in [6, 6.07) is 3.71. The van der Waals surface area contributed by atoms with Crippen molar-refractivity contribution >= 4 is 34.6 Å². The Labute approximate surface area is 304 Å². The van der Waals surface area contributed by atoms with Gasteiger partial charge < -0.3 is 14.8 Å². The van der Waals surface area contributed by atoms with Gasteiger partial charge in [0.15, 0.2) is 11.5 Å². The number of anilines is 1. The summed E-state index contributed by atoms with van der Waals surface area (Å²) >= 11 is 1.30. The number of piperazine rings is 1. The third-order valence-electron chi connectivity index (χ3n) is 8.85. The zero-order chi connectivity index (χ0) is 33.9. The number of rotatable bonds is 11. The molecule has 0 spiro atoms. The molecule has 250 valence electrons. The zero-order valence-corrected chi connectivity index (χ0v) is 30.4. The minimum Gasteiger partial charge on any atom is -0.550 e. The maximum atomic E-state index is 13.8. The molecule has 0 radical (unpaired) electrons. The Bertz CT molecular complexity index is 1640. The van der Waals surface area contributed by atoms with E-state index in [-0.39, 0.29) is 71.2 Å². The summed E-state index contributed by atoms with van der Waals surface area (Å²) in [4.78, 5) is 48.2. The van der Waals surface area contributed by atoms with Crippen LogP contribution in [0.3, 0.4) is 0 Å². The third kappa shape index (κ3) is 9.19. The molecular formula is C33H37F3N7NaO3S. The molecule has 2 aliphatic heterocycles. The average molecular weight is 692 g/mol. The first-order chi connectivity index (χ1) is 22.3. The molecule has 0 amide bonds. The summed E-state index contributed by atoms with van der Waals surface area (Å²) < 4.78 is 41.3.